The van der Waals surface area contributed by atoms with Crippen LogP contribution in [0, 0.1) is 5.92 Å². The van der Waals surface area contributed by atoms with E-state index in [9.17, 15) is 4.79 Å². The average Bonchev–Trinajstić information content (AvgIpc) is 3.05. The summed E-state index contributed by atoms with van der Waals surface area (Å²) >= 11 is 0. The van der Waals surface area contributed by atoms with Crippen molar-refractivity contribution in [2.45, 2.75) is 19.4 Å². The summed E-state index contributed by atoms with van der Waals surface area (Å²) in [6.45, 7) is 2.60. The van der Waals surface area contributed by atoms with Crippen LogP contribution in [0.5, 0.6) is 0 Å². The van der Waals surface area contributed by atoms with Gasteiger partial charge in [-0.25, -0.2) is 4.98 Å². The van der Waals surface area contributed by atoms with Crippen LogP contribution in [0.25, 0.3) is 5.65 Å². The van der Waals surface area contributed by atoms with Gasteiger partial charge in [-0.15, -0.1) is 15.3 Å². The molecule has 1 aliphatic heterocycles. The number of aromatic nitrogens is 6. The van der Waals surface area contributed by atoms with Crippen molar-refractivity contribution in [1.82, 2.24) is 29.4 Å². The Hall–Kier alpha value is -2.77. The van der Waals surface area contributed by atoms with Crippen LogP contribution in [0.2, 0.25) is 0 Å². The van der Waals surface area contributed by atoms with Gasteiger partial charge in [0, 0.05) is 31.9 Å². The van der Waals surface area contributed by atoms with E-state index in [1.54, 1.807) is 21.7 Å². The second-order valence-electron chi connectivity index (χ2n) is 5.83. The van der Waals surface area contributed by atoms with Crippen molar-refractivity contribution < 1.29 is 0 Å². The molecule has 0 unspecified atom stereocenters. The molecule has 0 radical (unpaired) electrons. The van der Waals surface area contributed by atoms with Gasteiger partial charge in [0.05, 0.1) is 6.33 Å². The molecule has 8 nitrogen and oxygen atoms in total. The van der Waals surface area contributed by atoms with Crippen LogP contribution in [0.15, 0.2) is 41.8 Å². The summed E-state index contributed by atoms with van der Waals surface area (Å²) in [5, 5.41) is 12.3. The van der Waals surface area contributed by atoms with Gasteiger partial charge in [-0.05, 0) is 30.9 Å². The molecule has 1 fully saturated rings. The fourth-order valence-electron chi connectivity index (χ4n) is 3.03. The molecule has 0 saturated carbocycles. The van der Waals surface area contributed by atoms with Crippen molar-refractivity contribution in [3.63, 3.8) is 0 Å². The summed E-state index contributed by atoms with van der Waals surface area (Å²) < 4.78 is 3.39. The van der Waals surface area contributed by atoms with Crippen LogP contribution >= 0.6 is 0 Å². The molecule has 4 heterocycles. The van der Waals surface area contributed by atoms with E-state index in [0.29, 0.717) is 5.92 Å². The summed E-state index contributed by atoms with van der Waals surface area (Å²) in [5.41, 5.74) is 0.766. The molecule has 3 aromatic rings. The third-order valence-electron chi connectivity index (χ3n) is 4.33. The Balaban J connectivity index is 1.42. The topological polar surface area (TPSA) is 81.2 Å². The van der Waals surface area contributed by atoms with E-state index in [1.807, 2.05) is 12.1 Å². The van der Waals surface area contributed by atoms with E-state index in [-0.39, 0.29) is 5.56 Å². The van der Waals surface area contributed by atoms with Crippen molar-refractivity contribution in [3.8, 4) is 0 Å². The predicted molar refractivity (Wildman–Crippen MR) is 84.2 cm³/mol. The summed E-state index contributed by atoms with van der Waals surface area (Å²) in [4.78, 5) is 18.1. The molecule has 0 bridgehead atoms. The highest BCUT2D eigenvalue weighted by atomic mass is 16.1. The lowest BCUT2D eigenvalue weighted by molar-refractivity contribution is 0.350. The van der Waals surface area contributed by atoms with Crippen LogP contribution in [0.1, 0.15) is 12.8 Å². The Bertz CT molecular complexity index is 863. The molecule has 118 valence electrons. The third kappa shape index (κ3) is 2.79. The first-order valence-electron chi connectivity index (χ1n) is 7.72. The summed E-state index contributed by atoms with van der Waals surface area (Å²) in [7, 11) is 0. The normalized spacial score (nSPS) is 16.1. The van der Waals surface area contributed by atoms with Crippen LogP contribution < -0.4 is 10.5 Å². The Morgan fingerprint density at radius 2 is 2.00 bits per heavy atom. The molecule has 8 heteroatoms. The predicted octanol–water partition coefficient (Wildman–Crippen LogP) is 0.598. The highest BCUT2D eigenvalue weighted by Gasteiger charge is 2.21. The van der Waals surface area contributed by atoms with Gasteiger partial charge in [0.1, 0.15) is 12.1 Å². The molecular formula is C15H17N7O. The quantitative estimate of drug-likeness (QED) is 0.704. The van der Waals surface area contributed by atoms with Gasteiger partial charge >= 0.3 is 0 Å². The zero-order valence-electron chi connectivity index (χ0n) is 12.6. The molecule has 0 aromatic carbocycles. The first-order valence-corrected chi connectivity index (χ1v) is 7.72. The van der Waals surface area contributed by atoms with E-state index in [2.05, 4.69) is 25.2 Å². The van der Waals surface area contributed by atoms with Crippen molar-refractivity contribution in [3.05, 3.63) is 47.4 Å². The van der Waals surface area contributed by atoms with E-state index >= 15 is 0 Å². The lowest BCUT2D eigenvalue weighted by atomic mass is 9.96. The van der Waals surface area contributed by atoms with Crippen molar-refractivity contribution in [1.29, 1.82) is 0 Å². The Morgan fingerprint density at radius 1 is 1.13 bits per heavy atom. The Morgan fingerprint density at radius 3 is 2.83 bits per heavy atom. The molecule has 3 aromatic heterocycles. The summed E-state index contributed by atoms with van der Waals surface area (Å²) in [6, 6.07) is 5.42. The van der Waals surface area contributed by atoms with Crippen molar-refractivity contribution in [2.24, 2.45) is 5.92 Å². The largest absolute Gasteiger partial charge is 0.355 e. The minimum Gasteiger partial charge on any atom is -0.355 e. The molecule has 0 amide bonds. The maximum absolute atomic E-state index is 11.8. The smallest absolute Gasteiger partial charge is 0.253 e. The standard InChI is InChI=1S/C15H17N7O/c23-15-3-6-16-10-21(15)9-12-4-7-20(8-5-12)14-2-1-13-18-17-11-22(13)19-14/h1-3,6,10-12H,4-5,7-9H2. The van der Waals surface area contributed by atoms with Gasteiger partial charge in [-0.3, -0.25) is 9.36 Å². The van der Waals surface area contributed by atoms with Crippen LogP contribution in [-0.4, -0.2) is 42.5 Å². The van der Waals surface area contributed by atoms with Gasteiger partial charge in [0.15, 0.2) is 5.65 Å². The van der Waals surface area contributed by atoms with Crippen LogP contribution in [0.3, 0.4) is 0 Å². The first-order chi connectivity index (χ1) is 11.3. The maximum atomic E-state index is 11.8. The lowest BCUT2D eigenvalue weighted by Gasteiger charge is -2.32. The molecular weight excluding hydrogens is 294 g/mol. The second kappa shape index (κ2) is 5.79. The van der Waals surface area contributed by atoms with Crippen molar-refractivity contribution >= 4 is 11.5 Å². The molecule has 1 saturated heterocycles. The van der Waals surface area contributed by atoms with E-state index in [4.69, 9.17) is 0 Å². The molecule has 0 aliphatic carbocycles. The minimum atomic E-state index is 0.0159. The molecule has 0 atom stereocenters. The van der Waals surface area contributed by atoms with Crippen molar-refractivity contribution in [2.75, 3.05) is 18.0 Å². The number of nitrogens with zero attached hydrogens (tertiary/aromatic N) is 7. The minimum absolute atomic E-state index is 0.0159. The Kier molecular flexibility index (Phi) is 3.49. The van der Waals surface area contributed by atoms with Gasteiger partial charge in [-0.2, -0.15) is 4.52 Å². The molecule has 1 aliphatic rings. The van der Waals surface area contributed by atoms with Crippen LogP contribution in [-0.2, 0) is 6.54 Å². The number of fused-ring (bicyclic) bond motifs is 1. The highest BCUT2D eigenvalue weighted by molar-refractivity contribution is 5.45. The highest BCUT2D eigenvalue weighted by Crippen LogP contribution is 2.22. The van der Waals surface area contributed by atoms with Crippen LogP contribution in [0.4, 0.5) is 5.82 Å². The third-order valence-corrected chi connectivity index (χ3v) is 4.33. The van der Waals surface area contributed by atoms with Gasteiger partial charge in [0.2, 0.25) is 0 Å². The van der Waals surface area contributed by atoms with E-state index in [1.165, 1.54) is 12.3 Å². The number of rotatable bonds is 3. The fraction of sp³-hybridized carbons (Fsp3) is 0.400. The monoisotopic (exact) mass is 311 g/mol. The second-order valence-corrected chi connectivity index (χ2v) is 5.83. The molecule has 0 spiro atoms. The average molecular weight is 311 g/mol. The Labute approximate surface area is 132 Å². The lowest BCUT2D eigenvalue weighted by Crippen LogP contribution is -2.36. The SMILES string of the molecule is O=c1ccncn1CC1CCN(c2ccc3nncn3n2)CC1. The van der Waals surface area contributed by atoms with Gasteiger partial charge < -0.3 is 4.90 Å². The molecule has 0 N–H and O–H groups in total. The molecule has 23 heavy (non-hydrogen) atoms. The molecule has 4 rings (SSSR count). The summed E-state index contributed by atoms with van der Waals surface area (Å²) in [5.74, 6) is 1.43. The maximum Gasteiger partial charge on any atom is 0.253 e. The first kappa shape index (κ1) is 13.9. The number of piperidine rings is 1. The number of hydrogen-bond donors (Lipinski definition) is 0. The summed E-state index contributed by atoms with van der Waals surface area (Å²) in [6.07, 6.45) is 6.83. The fourth-order valence-corrected chi connectivity index (χ4v) is 3.03. The zero-order chi connectivity index (χ0) is 15.6. The zero-order valence-corrected chi connectivity index (χ0v) is 12.6. The van der Waals surface area contributed by atoms with Gasteiger partial charge in [-0.1, -0.05) is 0 Å². The van der Waals surface area contributed by atoms with E-state index < -0.39 is 0 Å². The number of anilines is 1. The van der Waals surface area contributed by atoms with E-state index in [0.717, 1.165) is 43.9 Å². The number of hydrogen-bond acceptors (Lipinski definition) is 6. The van der Waals surface area contributed by atoms with Gasteiger partial charge in [0.25, 0.3) is 5.56 Å².